The van der Waals surface area contributed by atoms with Crippen molar-refractivity contribution in [2.75, 3.05) is 0 Å². The highest BCUT2D eigenvalue weighted by molar-refractivity contribution is 7.85. The molecule has 0 saturated carbocycles. The molecule has 0 radical (unpaired) electrons. The second kappa shape index (κ2) is 4.97. The van der Waals surface area contributed by atoms with Crippen LogP contribution in [0.5, 0.6) is 0 Å². The second-order valence-corrected chi connectivity index (χ2v) is 7.92. The normalized spacial score (nSPS) is 25.3. The summed E-state index contributed by atoms with van der Waals surface area (Å²) in [5.74, 6) is -0.979. The van der Waals surface area contributed by atoms with Crippen molar-refractivity contribution in [3.63, 3.8) is 0 Å². The van der Waals surface area contributed by atoms with E-state index in [0.717, 1.165) is 0 Å². The van der Waals surface area contributed by atoms with Crippen LogP contribution in [0.15, 0.2) is 29.2 Å². The summed E-state index contributed by atoms with van der Waals surface area (Å²) in [6.45, 7) is 7.91. The highest BCUT2D eigenvalue weighted by atomic mass is 32.2. The van der Waals surface area contributed by atoms with E-state index in [4.69, 9.17) is 9.84 Å². The molecule has 1 aliphatic heterocycles. The van der Waals surface area contributed by atoms with E-state index >= 15 is 0 Å². The number of carboxylic acids is 1. The lowest BCUT2D eigenvalue weighted by molar-refractivity contribution is -0.0633. The zero-order chi connectivity index (χ0) is 15.1. The van der Waals surface area contributed by atoms with Gasteiger partial charge in [0.1, 0.15) is 0 Å². The lowest BCUT2D eigenvalue weighted by atomic mass is 10.0. The first-order chi connectivity index (χ1) is 9.12. The summed E-state index contributed by atoms with van der Waals surface area (Å²) >= 11 is 0. The van der Waals surface area contributed by atoms with Crippen molar-refractivity contribution in [2.24, 2.45) is 0 Å². The van der Waals surface area contributed by atoms with Crippen LogP contribution in [0.3, 0.4) is 0 Å². The quantitative estimate of drug-likeness (QED) is 0.931. The van der Waals surface area contributed by atoms with Crippen molar-refractivity contribution in [1.29, 1.82) is 0 Å². The maximum Gasteiger partial charge on any atom is 0.335 e. The van der Waals surface area contributed by atoms with Gasteiger partial charge in [0.05, 0.1) is 32.8 Å². The molecule has 110 valence electrons. The van der Waals surface area contributed by atoms with Crippen LogP contribution in [0.2, 0.25) is 0 Å². The van der Waals surface area contributed by atoms with Gasteiger partial charge in [-0.15, -0.1) is 0 Å². The predicted molar refractivity (Wildman–Crippen MR) is 77.5 cm³/mol. The Balaban J connectivity index is 2.25. The fraction of sp³-hybridized carbons (Fsp3) is 0.533. The van der Waals surface area contributed by atoms with E-state index in [0.29, 0.717) is 11.3 Å². The van der Waals surface area contributed by atoms with E-state index in [2.05, 4.69) is 0 Å². The fourth-order valence-corrected chi connectivity index (χ4v) is 4.59. The van der Waals surface area contributed by atoms with Crippen LogP contribution in [0, 0.1) is 0 Å². The minimum Gasteiger partial charge on any atom is -0.478 e. The van der Waals surface area contributed by atoms with E-state index in [9.17, 15) is 9.00 Å². The molecule has 2 unspecified atom stereocenters. The van der Waals surface area contributed by atoms with Crippen LogP contribution < -0.4 is 0 Å². The Morgan fingerprint density at radius 2 is 1.80 bits per heavy atom. The number of benzene rings is 1. The highest BCUT2D eigenvalue weighted by Crippen LogP contribution is 2.41. The summed E-state index contributed by atoms with van der Waals surface area (Å²) in [4.78, 5) is 11.5. The van der Waals surface area contributed by atoms with Gasteiger partial charge in [-0.2, -0.15) is 0 Å². The van der Waals surface area contributed by atoms with Gasteiger partial charge in [-0.25, -0.2) is 4.79 Å². The lowest BCUT2D eigenvalue weighted by Gasteiger charge is -2.26. The molecule has 1 aliphatic rings. The van der Waals surface area contributed by atoms with Crippen molar-refractivity contribution in [2.45, 2.75) is 55.5 Å². The van der Waals surface area contributed by atoms with Gasteiger partial charge >= 0.3 is 5.97 Å². The largest absolute Gasteiger partial charge is 0.478 e. The minimum atomic E-state index is -1.21. The molecule has 1 heterocycles. The number of hydrogen-bond acceptors (Lipinski definition) is 3. The molecule has 0 aromatic heterocycles. The number of aromatic carboxylic acids is 1. The molecule has 4 nitrogen and oxygen atoms in total. The Kier molecular flexibility index (Phi) is 3.77. The van der Waals surface area contributed by atoms with E-state index in [-0.39, 0.29) is 16.4 Å². The molecule has 5 heteroatoms. The molecule has 1 aromatic carbocycles. The minimum absolute atomic E-state index is 0.104. The maximum absolute atomic E-state index is 12.7. The zero-order valence-electron chi connectivity index (χ0n) is 12.2. The standard InChI is InChI=1S/C15H20O4S/c1-14(2)9-12(15(3,4)19-14)20(18)11-7-5-10(6-8-11)13(16)17/h5-8,12H,9H2,1-4H3,(H,16,17). The van der Waals surface area contributed by atoms with Crippen LogP contribution >= 0.6 is 0 Å². The van der Waals surface area contributed by atoms with Crippen LogP contribution in [0.4, 0.5) is 0 Å². The molecule has 0 bridgehead atoms. The van der Waals surface area contributed by atoms with Gasteiger partial charge in [-0.1, -0.05) is 0 Å². The van der Waals surface area contributed by atoms with E-state index in [1.54, 1.807) is 12.1 Å². The number of rotatable bonds is 3. The molecule has 20 heavy (non-hydrogen) atoms. The molecule has 2 rings (SSSR count). The van der Waals surface area contributed by atoms with Crippen LogP contribution in [0.25, 0.3) is 0 Å². The molecule has 0 amide bonds. The van der Waals surface area contributed by atoms with Gasteiger partial charge in [-0.3, -0.25) is 4.21 Å². The summed E-state index contributed by atoms with van der Waals surface area (Å²) in [6.07, 6.45) is 0.716. The molecule has 0 aliphatic carbocycles. The average molecular weight is 296 g/mol. The Labute approximate surface area is 121 Å². The number of carboxylic acid groups (broad SMARTS) is 1. The molecule has 0 spiro atoms. The third kappa shape index (κ3) is 2.94. The molecule has 1 aromatic rings. The summed E-state index contributed by atoms with van der Waals surface area (Å²) in [6, 6.07) is 6.23. The predicted octanol–water partition coefficient (Wildman–Crippen LogP) is 2.84. The van der Waals surface area contributed by atoms with Gasteiger partial charge in [-0.05, 0) is 58.4 Å². The summed E-state index contributed by atoms with van der Waals surface area (Å²) in [7, 11) is -1.21. The third-order valence-corrected chi connectivity index (χ3v) is 5.57. The van der Waals surface area contributed by atoms with Crippen molar-refractivity contribution >= 4 is 16.8 Å². The summed E-state index contributed by atoms with van der Waals surface area (Å²) < 4.78 is 18.7. The topological polar surface area (TPSA) is 63.6 Å². The smallest absolute Gasteiger partial charge is 0.335 e. The van der Waals surface area contributed by atoms with Gasteiger partial charge in [0.25, 0.3) is 0 Å². The Morgan fingerprint density at radius 3 is 2.20 bits per heavy atom. The SMILES string of the molecule is CC1(C)CC(S(=O)c2ccc(C(=O)O)cc2)C(C)(C)O1. The first-order valence-electron chi connectivity index (χ1n) is 6.56. The number of hydrogen-bond donors (Lipinski definition) is 1. The van der Waals surface area contributed by atoms with E-state index < -0.39 is 22.4 Å². The summed E-state index contributed by atoms with van der Waals surface area (Å²) in [5.41, 5.74) is -0.544. The molecular weight excluding hydrogens is 276 g/mol. The van der Waals surface area contributed by atoms with Crippen molar-refractivity contribution < 1.29 is 18.8 Å². The molecular formula is C15H20O4S. The molecule has 1 fully saturated rings. The Bertz CT molecular complexity index is 545. The van der Waals surface area contributed by atoms with Gasteiger partial charge in [0.2, 0.25) is 0 Å². The fourth-order valence-electron chi connectivity index (χ4n) is 2.74. The summed E-state index contributed by atoms with van der Waals surface area (Å²) in [5, 5.41) is 8.78. The third-order valence-electron chi connectivity index (χ3n) is 3.58. The molecule has 2 atom stereocenters. The monoisotopic (exact) mass is 296 g/mol. The first kappa shape index (κ1) is 15.2. The lowest BCUT2D eigenvalue weighted by Crippen LogP contribution is -2.35. The molecule has 1 N–H and O–H groups in total. The maximum atomic E-state index is 12.7. The molecule has 1 saturated heterocycles. The Hall–Kier alpha value is -1.20. The number of carbonyl (C=O) groups is 1. The van der Waals surface area contributed by atoms with Crippen LogP contribution in [-0.2, 0) is 15.5 Å². The Morgan fingerprint density at radius 1 is 1.25 bits per heavy atom. The van der Waals surface area contributed by atoms with Crippen LogP contribution in [-0.4, -0.2) is 31.7 Å². The van der Waals surface area contributed by atoms with Crippen LogP contribution in [0.1, 0.15) is 44.5 Å². The van der Waals surface area contributed by atoms with Crippen molar-refractivity contribution in [3.8, 4) is 0 Å². The highest BCUT2D eigenvalue weighted by Gasteiger charge is 2.48. The second-order valence-electron chi connectivity index (χ2n) is 6.28. The van der Waals surface area contributed by atoms with Gasteiger partial charge in [0, 0.05) is 4.90 Å². The van der Waals surface area contributed by atoms with E-state index in [1.165, 1.54) is 12.1 Å². The van der Waals surface area contributed by atoms with E-state index in [1.807, 2.05) is 27.7 Å². The van der Waals surface area contributed by atoms with Gasteiger partial charge in [0.15, 0.2) is 0 Å². The van der Waals surface area contributed by atoms with Gasteiger partial charge < -0.3 is 9.84 Å². The zero-order valence-corrected chi connectivity index (χ0v) is 13.0. The number of ether oxygens (including phenoxy) is 1. The average Bonchev–Trinajstić information content (AvgIpc) is 2.56. The first-order valence-corrected chi connectivity index (χ1v) is 7.78. The van der Waals surface area contributed by atoms with Crippen molar-refractivity contribution in [1.82, 2.24) is 0 Å². The van der Waals surface area contributed by atoms with Crippen molar-refractivity contribution in [3.05, 3.63) is 29.8 Å².